The average molecular weight is 340 g/mol. The molecule has 5 heteroatoms. The van der Waals surface area contributed by atoms with E-state index < -0.39 is 0 Å². The second kappa shape index (κ2) is 7.53. The van der Waals surface area contributed by atoms with Crippen molar-refractivity contribution in [2.24, 2.45) is 0 Å². The third kappa shape index (κ3) is 3.97. The molecule has 0 unspecified atom stereocenters. The summed E-state index contributed by atoms with van der Waals surface area (Å²) in [5.74, 6) is 0.0845. The van der Waals surface area contributed by atoms with Gasteiger partial charge in [0.15, 0.2) is 0 Å². The first-order valence-electron chi connectivity index (χ1n) is 7.98. The molecule has 0 bridgehead atoms. The number of nitrogens with zero attached hydrogens (tertiary/aromatic N) is 1. The molecule has 0 atom stereocenters. The van der Waals surface area contributed by atoms with Gasteiger partial charge < -0.3 is 10.2 Å². The minimum atomic E-state index is -0.129. The maximum absolute atomic E-state index is 12.3. The summed E-state index contributed by atoms with van der Waals surface area (Å²) in [7, 11) is 0. The number of carbonyl (C=O) groups excluding carboxylic acids is 2. The Morgan fingerprint density at radius 1 is 1.12 bits per heavy atom. The summed E-state index contributed by atoms with van der Waals surface area (Å²) in [6, 6.07) is 15.2. The van der Waals surface area contributed by atoms with Crippen LogP contribution in [0.3, 0.4) is 0 Å². The van der Waals surface area contributed by atoms with E-state index in [-0.39, 0.29) is 11.8 Å². The Hall–Kier alpha value is -2.27. The molecule has 4 nitrogen and oxygen atoms in total. The maximum atomic E-state index is 12.3. The lowest BCUT2D eigenvalue weighted by Gasteiger charge is -2.15. The topological polar surface area (TPSA) is 49.4 Å². The van der Waals surface area contributed by atoms with Crippen molar-refractivity contribution in [3.05, 3.63) is 59.7 Å². The zero-order valence-electron chi connectivity index (χ0n) is 13.6. The van der Waals surface area contributed by atoms with Crippen LogP contribution in [0.25, 0.3) is 0 Å². The molecule has 0 aliphatic carbocycles. The number of likely N-dealkylation sites (tertiary alicyclic amines) is 1. The summed E-state index contributed by atoms with van der Waals surface area (Å²) in [4.78, 5) is 27.0. The second-order valence-corrected chi connectivity index (χ2v) is 6.68. The predicted octanol–water partition coefficient (Wildman–Crippen LogP) is 3.78. The molecule has 1 fully saturated rings. The van der Waals surface area contributed by atoms with E-state index in [4.69, 9.17) is 0 Å². The van der Waals surface area contributed by atoms with E-state index in [0.29, 0.717) is 18.5 Å². The van der Waals surface area contributed by atoms with Crippen molar-refractivity contribution in [2.75, 3.05) is 18.1 Å². The molecule has 0 aromatic heterocycles. The highest BCUT2D eigenvalue weighted by atomic mass is 32.2. The Bertz CT molecular complexity index is 726. The molecule has 24 heavy (non-hydrogen) atoms. The first-order valence-corrected chi connectivity index (χ1v) is 9.20. The first kappa shape index (κ1) is 16.6. The standard InChI is InChI=1S/C19H20N2O2S/c1-24-17-10-8-16(9-11-17)20-19(23)15-6-4-14(5-7-15)13-21-12-2-3-18(21)22/h4-11H,2-3,12-13H2,1H3,(H,20,23). The van der Waals surface area contributed by atoms with Gasteiger partial charge in [-0.1, -0.05) is 12.1 Å². The van der Waals surface area contributed by atoms with Crippen LogP contribution >= 0.6 is 11.8 Å². The molecule has 2 amide bonds. The number of hydrogen-bond acceptors (Lipinski definition) is 3. The number of benzene rings is 2. The fourth-order valence-electron chi connectivity index (χ4n) is 2.73. The van der Waals surface area contributed by atoms with Crippen LogP contribution in [0.1, 0.15) is 28.8 Å². The molecule has 1 heterocycles. The van der Waals surface area contributed by atoms with Gasteiger partial charge in [-0.3, -0.25) is 9.59 Å². The number of rotatable bonds is 5. The van der Waals surface area contributed by atoms with Crippen LogP contribution in [-0.2, 0) is 11.3 Å². The van der Waals surface area contributed by atoms with E-state index in [1.807, 2.05) is 59.7 Å². The van der Waals surface area contributed by atoms with Gasteiger partial charge in [0.05, 0.1) is 0 Å². The number of hydrogen-bond donors (Lipinski definition) is 1. The Labute approximate surface area is 146 Å². The molecule has 124 valence electrons. The third-order valence-electron chi connectivity index (χ3n) is 4.11. The minimum absolute atomic E-state index is 0.129. The molecule has 0 saturated carbocycles. The molecule has 3 rings (SSSR count). The molecule has 1 aliphatic heterocycles. The van der Waals surface area contributed by atoms with Crippen molar-refractivity contribution in [2.45, 2.75) is 24.3 Å². The Morgan fingerprint density at radius 2 is 1.83 bits per heavy atom. The SMILES string of the molecule is CSc1ccc(NC(=O)c2ccc(CN3CCCC3=O)cc2)cc1. The molecular weight excluding hydrogens is 320 g/mol. The number of thioether (sulfide) groups is 1. The first-order chi connectivity index (χ1) is 11.7. The fourth-order valence-corrected chi connectivity index (χ4v) is 3.14. The average Bonchev–Trinajstić information content (AvgIpc) is 3.01. The lowest BCUT2D eigenvalue weighted by atomic mass is 10.1. The molecule has 1 N–H and O–H groups in total. The van der Waals surface area contributed by atoms with Crippen molar-refractivity contribution in [3.8, 4) is 0 Å². The predicted molar refractivity (Wildman–Crippen MR) is 97.3 cm³/mol. The van der Waals surface area contributed by atoms with Gasteiger partial charge in [-0.15, -0.1) is 11.8 Å². The van der Waals surface area contributed by atoms with Crippen LogP contribution in [0, 0.1) is 0 Å². The number of carbonyl (C=O) groups is 2. The van der Waals surface area contributed by atoms with Crippen molar-refractivity contribution in [3.63, 3.8) is 0 Å². The van der Waals surface area contributed by atoms with Crippen molar-refractivity contribution in [1.82, 2.24) is 4.90 Å². The summed E-state index contributed by atoms with van der Waals surface area (Å²) in [6.07, 6.45) is 3.61. The van der Waals surface area contributed by atoms with Gasteiger partial charge in [0.2, 0.25) is 5.91 Å². The normalized spacial score (nSPS) is 14.0. The van der Waals surface area contributed by atoms with Crippen molar-refractivity contribution < 1.29 is 9.59 Å². The van der Waals surface area contributed by atoms with Gasteiger partial charge in [0.1, 0.15) is 0 Å². The highest BCUT2D eigenvalue weighted by Gasteiger charge is 2.19. The fraction of sp³-hybridized carbons (Fsp3) is 0.263. The molecule has 0 radical (unpaired) electrons. The number of amides is 2. The van der Waals surface area contributed by atoms with E-state index >= 15 is 0 Å². The Balaban J connectivity index is 1.61. The minimum Gasteiger partial charge on any atom is -0.338 e. The van der Waals surface area contributed by atoms with Crippen molar-refractivity contribution >= 4 is 29.3 Å². The van der Waals surface area contributed by atoms with Crippen molar-refractivity contribution in [1.29, 1.82) is 0 Å². The summed E-state index contributed by atoms with van der Waals surface area (Å²) in [6.45, 7) is 1.45. The van der Waals surface area contributed by atoms with E-state index in [2.05, 4.69) is 5.32 Å². The van der Waals surface area contributed by atoms with Gasteiger partial charge in [0, 0.05) is 35.7 Å². The van der Waals surface area contributed by atoms with Crippen LogP contribution in [0.15, 0.2) is 53.4 Å². The van der Waals surface area contributed by atoms with Gasteiger partial charge in [-0.2, -0.15) is 0 Å². The summed E-state index contributed by atoms with van der Waals surface area (Å²) >= 11 is 1.67. The quantitative estimate of drug-likeness (QED) is 0.843. The number of anilines is 1. The largest absolute Gasteiger partial charge is 0.338 e. The lowest BCUT2D eigenvalue weighted by molar-refractivity contribution is -0.128. The van der Waals surface area contributed by atoms with Crippen LogP contribution in [0.4, 0.5) is 5.69 Å². The second-order valence-electron chi connectivity index (χ2n) is 5.80. The molecule has 2 aromatic rings. The highest BCUT2D eigenvalue weighted by molar-refractivity contribution is 7.98. The summed E-state index contributed by atoms with van der Waals surface area (Å²) in [5, 5.41) is 2.90. The zero-order valence-corrected chi connectivity index (χ0v) is 14.4. The van der Waals surface area contributed by atoms with Crippen LogP contribution in [0.5, 0.6) is 0 Å². The zero-order chi connectivity index (χ0) is 16.9. The van der Waals surface area contributed by atoms with E-state index in [1.54, 1.807) is 11.8 Å². The molecule has 2 aromatic carbocycles. The third-order valence-corrected chi connectivity index (χ3v) is 4.85. The van der Waals surface area contributed by atoms with Crippen LogP contribution in [0.2, 0.25) is 0 Å². The lowest BCUT2D eigenvalue weighted by Crippen LogP contribution is -2.23. The van der Waals surface area contributed by atoms with E-state index in [0.717, 1.165) is 29.1 Å². The molecule has 1 aliphatic rings. The molecular formula is C19H20N2O2S. The van der Waals surface area contributed by atoms with Gasteiger partial charge in [0.25, 0.3) is 5.91 Å². The molecule has 1 saturated heterocycles. The summed E-state index contributed by atoms with van der Waals surface area (Å²) < 4.78 is 0. The van der Waals surface area contributed by atoms with Gasteiger partial charge >= 0.3 is 0 Å². The van der Waals surface area contributed by atoms with Crippen LogP contribution < -0.4 is 5.32 Å². The van der Waals surface area contributed by atoms with E-state index in [1.165, 1.54) is 0 Å². The van der Waals surface area contributed by atoms with Gasteiger partial charge in [-0.25, -0.2) is 0 Å². The monoisotopic (exact) mass is 340 g/mol. The smallest absolute Gasteiger partial charge is 0.255 e. The van der Waals surface area contributed by atoms with Gasteiger partial charge in [-0.05, 0) is 54.6 Å². The Kier molecular flexibility index (Phi) is 5.20. The Morgan fingerprint density at radius 3 is 2.42 bits per heavy atom. The highest BCUT2D eigenvalue weighted by Crippen LogP contribution is 2.19. The van der Waals surface area contributed by atoms with Crippen LogP contribution in [-0.4, -0.2) is 29.5 Å². The molecule has 0 spiro atoms. The maximum Gasteiger partial charge on any atom is 0.255 e. The number of nitrogens with one attached hydrogen (secondary N) is 1. The van der Waals surface area contributed by atoms with E-state index in [9.17, 15) is 9.59 Å². The summed E-state index contributed by atoms with van der Waals surface area (Å²) in [5.41, 5.74) is 2.44.